The van der Waals surface area contributed by atoms with Gasteiger partial charge in [0.25, 0.3) is 0 Å². The number of methoxy groups -OCH3 is 2. The second-order valence-corrected chi connectivity index (χ2v) is 5.18. The summed E-state index contributed by atoms with van der Waals surface area (Å²) in [5.41, 5.74) is 1.32. The van der Waals surface area contributed by atoms with Crippen LogP contribution in [-0.2, 0) is 11.2 Å². The molecule has 0 bridgehead atoms. The highest BCUT2D eigenvalue weighted by Crippen LogP contribution is 2.30. The van der Waals surface area contributed by atoms with Gasteiger partial charge in [-0.3, -0.25) is 0 Å². The van der Waals surface area contributed by atoms with Crippen molar-refractivity contribution < 1.29 is 19.0 Å². The molecule has 0 saturated heterocycles. The minimum Gasteiger partial charge on any atom is -0.497 e. The van der Waals surface area contributed by atoms with Crippen LogP contribution in [0.5, 0.6) is 11.5 Å². The van der Waals surface area contributed by atoms with Crippen LogP contribution in [0.1, 0.15) is 50.0 Å². The van der Waals surface area contributed by atoms with E-state index in [2.05, 4.69) is 6.58 Å². The molecule has 1 aromatic rings. The van der Waals surface area contributed by atoms with Crippen molar-refractivity contribution in [3.8, 4) is 11.5 Å². The lowest BCUT2D eigenvalue weighted by molar-refractivity contribution is 0.0454. The molecule has 0 spiro atoms. The lowest BCUT2D eigenvalue weighted by Crippen LogP contribution is -2.14. The Kier molecular flexibility index (Phi) is 10.6. The van der Waals surface area contributed by atoms with Crippen molar-refractivity contribution in [1.82, 2.24) is 0 Å². The molecule has 23 heavy (non-hydrogen) atoms. The Hall–Kier alpha value is -1.97. The van der Waals surface area contributed by atoms with Crippen molar-refractivity contribution >= 4 is 5.97 Å². The lowest BCUT2D eigenvalue weighted by atomic mass is 10.0. The number of carbonyl (C=O) groups excluding carboxylic acids is 1. The van der Waals surface area contributed by atoms with Gasteiger partial charge in [0.2, 0.25) is 0 Å². The van der Waals surface area contributed by atoms with Crippen LogP contribution in [0.25, 0.3) is 0 Å². The minimum atomic E-state index is -0.359. The van der Waals surface area contributed by atoms with Gasteiger partial charge in [0.05, 0.1) is 20.8 Å². The van der Waals surface area contributed by atoms with Crippen LogP contribution in [0, 0.1) is 5.92 Å². The first kappa shape index (κ1) is 21.0. The average Bonchev–Trinajstić information content (AvgIpc) is 2.58. The number of rotatable bonds is 8. The molecule has 130 valence electrons. The molecule has 0 heterocycles. The molecule has 0 aliphatic rings. The fourth-order valence-electron chi connectivity index (χ4n) is 1.92. The van der Waals surface area contributed by atoms with Crippen molar-refractivity contribution in [1.29, 1.82) is 0 Å². The predicted octanol–water partition coefficient (Wildman–Crippen LogP) is 4.66. The first-order valence-electron chi connectivity index (χ1n) is 8.06. The topological polar surface area (TPSA) is 44.8 Å². The van der Waals surface area contributed by atoms with Gasteiger partial charge in [0, 0.05) is 6.07 Å². The van der Waals surface area contributed by atoms with Crippen LogP contribution >= 0.6 is 0 Å². The van der Waals surface area contributed by atoms with Crippen molar-refractivity contribution in [2.45, 2.75) is 40.5 Å². The number of hydrogen-bond donors (Lipinski definition) is 0. The number of esters is 1. The fourth-order valence-corrected chi connectivity index (χ4v) is 1.92. The smallest absolute Gasteiger partial charge is 0.342 e. The summed E-state index contributed by atoms with van der Waals surface area (Å²) in [6.07, 6.45) is 3.26. The van der Waals surface area contributed by atoms with Crippen molar-refractivity contribution in [2.75, 3.05) is 20.8 Å². The number of benzene rings is 1. The molecule has 0 aromatic heterocycles. The van der Waals surface area contributed by atoms with Crippen LogP contribution in [0.3, 0.4) is 0 Å². The Balaban J connectivity index is 0.00000232. The molecule has 4 nitrogen and oxygen atoms in total. The Morgan fingerprint density at radius 3 is 2.35 bits per heavy atom. The average molecular weight is 322 g/mol. The number of hydrogen-bond acceptors (Lipinski definition) is 4. The maximum Gasteiger partial charge on any atom is 0.342 e. The molecule has 0 unspecified atom stereocenters. The zero-order chi connectivity index (χ0) is 17.8. The van der Waals surface area contributed by atoms with Crippen molar-refractivity contribution in [3.05, 3.63) is 35.9 Å². The van der Waals surface area contributed by atoms with Crippen LogP contribution in [0.2, 0.25) is 0 Å². The van der Waals surface area contributed by atoms with Gasteiger partial charge in [-0.15, -0.1) is 6.58 Å². The van der Waals surface area contributed by atoms with E-state index in [0.717, 1.165) is 12.0 Å². The summed E-state index contributed by atoms with van der Waals surface area (Å²) in [4.78, 5) is 12.3. The van der Waals surface area contributed by atoms with Crippen molar-refractivity contribution in [2.24, 2.45) is 5.92 Å². The first-order chi connectivity index (χ1) is 11.0. The molecule has 0 N–H and O–H groups in total. The third-order valence-corrected chi connectivity index (χ3v) is 2.98. The van der Waals surface area contributed by atoms with E-state index in [1.54, 1.807) is 13.2 Å². The summed E-state index contributed by atoms with van der Waals surface area (Å²) in [6, 6.07) is 3.54. The zero-order valence-electron chi connectivity index (χ0n) is 15.3. The summed E-state index contributed by atoms with van der Waals surface area (Å²) in [6.45, 7) is 12.1. The van der Waals surface area contributed by atoms with E-state index in [1.165, 1.54) is 7.11 Å². The Morgan fingerprint density at radius 2 is 1.87 bits per heavy atom. The number of carbonyl (C=O) groups is 1. The highest BCUT2D eigenvalue weighted by Gasteiger charge is 2.20. The molecule has 0 aliphatic heterocycles. The molecule has 4 heteroatoms. The summed E-state index contributed by atoms with van der Waals surface area (Å²) in [7, 11) is 3.12. The van der Waals surface area contributed by atoms with E-state index in [-0.39, 0.29) is 11.9 Å². The second kappa shape index (κ2) is 11.6. The largest absolute Gasteiger partial charge is 0.497 e. The van der Waals surface area contributed by atoms with Crippen LogP contribution in [0.4, 0.5) is 0 Å². The molecule has 1 rings (SSSR count). The van der Waals surface area contributed by atoms with Gasteiger partial charge in [0.1, 0.15) is 17.1 Å². The SMILES string of the molecule is C=CCCc1cc(OC)cc(OC)c1C(=O)OCC(C)C.CC. The van der Waals surface area contributed by atoms with Crippen molar-refractivity contribution in [3.63, 3.8) is 0 Å². The van der Waals surface area contributed by atoms with Gasteiger partial charge in [-0.05, 0) is 30.4 Å². The molecule has 0 aliphatic carbocycles. The quantitative estimate of drug-likeness (QED) is 0.516. The number of aryl methyl sites for hydroxylation is 1. The van der Waals surface area contributed by atoms with Gasteiger partial charge < -0.3 is 14.2 Å². The van der Waals surface area contributed by atoms with E-state index < -0.39 is 0 Å². The third-order valence-electron chi connectivity index (χ3n) is 2.98. The molecule has 0 atom stereocenters. The standard InChI is InChI=1S/C17H24O4.C2H6/c1-6-7-8-13-9-14(19-4)10-15(20-5)16(13)17(18)21-11-12(2)3;1-2/h6,9-10,12H,1,7-8,11H2,2-5H3;1-2H3. The minimum absolute atomic E-state index is 0.287. The second-order valence-electron chi connectivity index (χ2n) is 5.18. The van der Waals surface area contributed by atoms with E-state index >= 15 is 0 Å². The van der Waals surface area contributed by atoms with E-state index in [0.29, 0.717) is 30.1 Å². The van der Waals surface area contributed by atoms with Crippen LogP contribution < -0.4 is 9.47 Å². The number of allylic oxidation sites excluding steroid dienone is 1. The normalized spacial score (nSPS) is 9.70. The van der Waals surface area contributed by atoms with E-state index in [4.69, 9.17) is 14.2 Å². The summed E-state index contributed by atoms with van der Waals surface area (Å²) >= 11 is 0. The number of ether oxygens (including phenoxy) is 3. The monoisotopic (exact) mass is 322 g/mol. The third kappa shape index (κ3) is 6.76. The molecule has 0 radical (unpaired) electrons. The first-order valence-corrected chi connectivity index (χ1v) is 8.06. The van der Waals surface area contributed by atoms with Gasteiger partial charge in [0.15, 0.2) is 0 Å². The summed E-state index contributed by atoms with van der Waals surface area (Å²) in [5, 5.41) is 0. The Morgan fingerprint density at radius 1 is 1.22 bits per heavy atom. The molecule has 0 fully saturated rings. The Labute approximate surface area is 140 Å². The van der Waals surface area contributed by atoms with Gasteiger partial charge in [-0.1, -0.05) is 33.8 Å². The van der Waals surface area contributed by atoms with Gasteiger partial charge in [-0.2, -0.15) is 0 Å². The molecular weight excluding hydrogens is 292 g/mol. The van der Waals surface area contributed by atoms with Crippen LogP contribution in [0.15, 0.2) is 24.8 Å². The lowest BCUT2D eigenvalue weighted by Gasteiger charge is -2.15. The predicted molar refractivity (Wildman–Crippen MR) is 94.5 cm³/mol. The molecule has 0 saturated carbocycles. The summed E-state index contributed by atoms with van der Waals surface area (Å²) < 4.78 is 15.9. The maximum absolute atomic E-state index is 12.3. The maximum atomic E-state index is 12.3. The molecule has 0 amide bonds. The summed E-state index contributed by atoms with van der Waals surface area (Å²) in [5.74, 6) is 1.06. The Bertz CT molecular complexity index is 492. The zero-order valence-corrected chi connectivity index (χ0v) is 15.3. The van der Waals surface area contributed by atoms with E-state index in [1.807, 2.05) is 39.8 Å². The van der Waals surface area contributed by atoms with Gasteiger partial charge >= 0.3 is 5.97 Å². The van der Waals surface area contributed by atoms with Crippen LogP contribution in [-0.4, -0.2) is 26.8 Å². The van der Waals surface area contributed by atoms with Gasteiger partial charge in [-0.25, -0.2) is 4.79 Å². The highest BCUT2D eigenvalue weighted by atomic mass is 16.5. The highest BCUT2D eigenvalue weighted by molar-refractivity contribution is 5.94. The fraction of sp³-hybridized carbons (Fsp3) is 0.526. The van der Waals surface area contributed by atoms with E-state index in [9.17, 15) is 4.79 Å². The molecular formula is C19H30O4. The molecule has 1 aromatic carbocycles.